The summed E-state index contributed by atoms with van der Waals surface area (Å²) >= 11 is 0. The monoisotopic (exact) mass is 224 g/mol. The minimum absolute atomic E-state index is 0.437. The maximum Gasteiger partial charge on any atom is 0.326 e. The highest BCUT2D eigenvalue weighted by atomic mass is 16.5. The van der Waals surface area contributed by atoms with Crippen molar-refractivity contribution in [2.45, 2.75) is 31.7 Å². The number of aromatic nitrogens is 2. The Morgan fingerprint density at radius 1 is 1.75 bits per heavy atom. The molecule has 1 aromatic rings. The highest BCUT2D eigenvalue weighted by molar-refractivity contribution is 5.72. The molecule has 1 aliphatic rings. The smallest absolute Gasteiger partial charge is 0.326 e. The Bertz CT molecular complexity index is 387. The van der Waals surface area contributed by atoms with Gasteiger partial charge in [-0.25, -0.2) is 9.78 Å². The van der Waals surface area contributed by atoms with Crippen LogP contribution in [0, 0.1) is 0 Å². The molecule has 0 amide bonds. The molecule has 1 aromatic heterocycles. The lowest BCUT2D eigenvalue weighted by Gasteiger charge is -2.20. The van der Waals surface area contributed by atoms with Crippen LogP contribution in [0.25, 0.3) is 0 Å². The number of aryl methyl sites for hydroxylation is 1. The number of methoxy groups -OCH3 is 1. The van der Waals surface area contributed by atoms with Crippen molar-refractivity contribution in [2.24, 2.45) is 0 Å². The topological polar surface area (TPSA) is 64.4 Å². The predicted molar refractivity (Wildman–Crippen MR) is 57.4 cm³/mol. The normalized spacial score (nSPS) is 19.4. The number of imidazole rings is 1. The molecule has 1 aliphatic heterocycles. The Morgan fingerprint density at radius 3 is 3.25 bits per heavy atom. The van der Waals surface area contributed by atoms with Crippen LogP contribution in [0.3, 0.4) is 0 Å². The Hall–Kier alpha value is -1.36. The van der Waals surface area contributed by atoms with Crippen molar-refractivity contribution < 1.29 is 14.6 Å². The lowest BCUT2D eigenvalue weighted by atomic mass is 10.1. The maximum atomic E-state index is 11.1. The molecule has 0 fully saturated rings. The van der Waals surface area contributed by atoms with Gasteiger partial charge in [-0.3, -0.25) is 0 Å². The van der Waals surface area contributed by atoms with E-state index >= 15 is 0 Å². The molecule has 1 atom stereocenters. The molecule has 0 aliphatic carbocycles. The van der Waals surface area contributed by atoms with Crippen LogP contribution < -0.4 is 0 Å². The van der Waals surface area contributed by atoms with Gasteiger partial charge < -0.3 is 14.4 Å². The van der Waals surface area contributed by atoms with Gasteiger partial charge in [-0.2, -0.15) is 0 Å². The van der Waals surface area contributed by atoms with Crippen molar-refractivity contribution in [3.63, 3.8) is 0 Å². The zero-order valence-corrected chi connectivity index (χ0v) is 9.35. The van der Waals surface area contributed by atoms with Crippen LogP contribution in [0.15, 0.2) is 6.20 Å². The van der Waals surface area contributed by atoms with Gasteiger partial charge in [0.1, 0.15) is 11.9 Å². The van der Waals surface area contributed by atoms with Crippen LogP contribution in [0.2, 0.25) is 0 Å². The quantitative estimate of drug-likeness (QED) is 0.829. The Morgan fingerprint density at radius 2 is 2.56 bits per heavy atom. The number of ether oxygens (including phenoxy) is 1. The molecule has 5 nitrogen and oxygen atoms in total. The van der Waals surface area contributed by atoms with Gasteiger partial charge in [-0.15, -0.1) is 0 Å². The molecule has 1 unspecified atom stereocenters. The zero-order valence-electron chi connectivity index (χ0n) is 9.35. The van der Waals surface area contributed by atoms with Crippen LogP contribution >= 0.6 is 0 Å². The van der Waals surface area contributed by atoms with E-state index in [9.17, 15) is 4.79 Å². The summed E-state index contributed by atoms with van der Waals surface area (Å²) in [6.45, 7) is 0.619. The van der Waals surface area contributed by atoms with Crippen LogP contribution in [0.4, 0.5) is 0 Å². The van der Waals surface area contributed by atoms with Crippen LogP contribution in [0.1, 0.15) is 30.4 Å². The number of carboxylic acids is 1. The molecule has 0 radical (unpaired) electrons. The van der Waals surface area contributed by atoms with Gasteiger partial charge in [0.15, 0.2) is 0 Å². The molecular formula is C11H16N2O3. The summed E-state index contributed by atoms with van der Waals surface area (Å²) in [6.07, 6.45) is 5.06. The molecule has 0 spiro atoms. The third-order valence-corrected chi connectivity index (χ3v) is 2.92. The maximum absolute atomic E-state index is 11.1. The van der Waals surface area contributed by atoms with Crippen molar-refractivity contribution in [1.82, 2.24) is 9.55 Å². The first-order valence-corrected chi connectivity index (χ1v) is 5.50. The standard InChI is InChI=1S/C11H16N2O3/c1-16-6-5-8-7-13-9(11(14)15)3-2-4-10(13)12-8/h7,9H,2-6H2,1H3,(H,14,15). The van der Waals surface area contributed by atoms with Gasteiger partial charge in [0.25, 0.3) is 0 Å². The largest absolute Gasteiger partial charge is 0.480 e. The molecule has 0 saturated carbocycles. The molecule has 0 saturated heterocycles. The second-order valence-corrected chi connectivity index (χ2v) is 4.04. The third kappa shape index (κ3) is 2.09. The Kier molecular flexibility index (Phi) is 3.24. The molecule has 88 valence electrons. The molecule has 5 heteroatoms. The summed E-state index contributed by atoms with van der Waals surface area (Å²) in [4.78, 5) is 15.5. The highest BCUT2D eigenvalue weighted by Crippen LogP contribution is 2.25. The summed E-state index contributed by atoms with van der Waals surface area (Å²) < 4.78 is 6.79. The highest BCUT2D eigenvalue weighted by Gasteiger charge is 2.26. The minimum Gasteiger partial charge on any atom is -0.480 e. The number of hydrogen-bond donors (Lipinski definition) is 1. The number of carboxylic acid groups (broad SMARTS) is 1. The minimum atomic E-state index is -0.767. The van der Waals surface area contributed by atoms with Crippen molar-refractivity contribution >= 4 is 5.97 Å². The van der Waals surface area contributed by atoms with E-state index in [2.05, 4.69) is 4.98 Å². The number of nitrogens with zero attached hydrogens (tertiary/aromatic N) is 2. The lowest BCUT2D eigenvalue weighted by Crippen LogP contribution is -2.24. The zero-order chi connectivity index (χ0) is 11.5. The van der Waals surface area contributed by atoms with Crippen LogP contribution in [0.5, 0.6) is 0 Å². The van der Waals surface area contributed by atoms with Gasteiger partial charge >= 0.3 is 5.97 Å². The molecule has 1 N–H and O–H groups in total. The average molecular weight is 224 g/mol. The SMILES string of the molecule is COCCc1cn2c(n1)CCCC2C(=O)O. The summed E-state index contributed by atoms with van der Waals surface area (Å²) in [5.74, 6) is 0.126. The van der Waals surface area contributed by atoms with Crippen LogP contribution in [-0.2, 0) is 22.4 Å². The van der Waals surface area contributed by atoms with E-state index in [1.165, 1.54) is 0 Å². The van der Waals surface area contributed by atoms with E-state index in [-0.39, 0.29) is 0 Å². The van der Waals surface area contributed by atoms with E-state index in [1.54, 1.807) is 11.7 Å². The van der Waals surface area contributed by atoms with E-state index in [0.717, 1.165) is 30.8 Å². The molecule has 2 heterocycles. The van der Waals surface area contributed by atoms with Gasteiger partial charge in [-0.1, -0.05) is 0 Å². The summed E-state index contributed by atoms with van der Waals surface area (Å²) in [5, 5.41) is 9.10. The summed E-state index contributed by atoms with van der Waals surface area (Å²) in [7, 11) is 1.65. The van der Waals surface area contributed by atoms with Gasteiger partial charge in [-0.05, 0) is 12.8 Å². The second-order valence-electron chi connectivity index (χ2n) is 4.04. The molecular weight excluding hydrogens is 208 g/mol. The average Bonchev–Trinajstić information content (AvgIpc) is 2.68. The fourth-order valence-electron chi connectivity index (χ4n) is 2.10. The van der Waals surface area contributed by atoms with Crippen molar-refractivity contribution in [2.75, 3.05) is 13.7 Å². The Labute approximate surface area is 94.1 Å². The van der Waals surface area contributed by atoms with Gasteiger partial charge in [0.05, 0.1) is 12.3 Å². The number of fused-ring (bicyclic) bond motifs is 1. The molecule has 16 heavy (non-hydrogen) atoms. The van der Waals surface area contributed by atoms with Gasteiger partial charge in [0, 0.05) is 26.1 Å². The molecule has 0 aromatic carbocycles. The summed E-state index contributed by atoms with van der Waals surface area (Å²) in [6, 6.07) is -0.437. The number of rotatable bonds is 4. The van der Waals surface area contributed by atoms with E-state index in [1.807, 2.05) is 6.20 Å². The van der Waals surface area contributed by atoms with Gasteiger partial charge in [0.2, 0.25) is 0 Å². The van der Waals surface area contributed by atoms with Crippen LogP contribution in [-0.4, -0.2) is 34.3 Å². The number of aliphatic carboxylic acids is 1. The molecule has 0 bridgehead atoms. The fraction of sp³-hybridized carbons (Fsp3) is 0.636. The first kappa shape index (κ1) is 11.1. The second kappa shape index (κ2) is 4.65. The number of hydrogen-bond acceptors (Lipinski definition) is 3. The summed E-state index contributed by atoms with van der Waals surface area (Å²) in [5.41, 5.74) is 0.921. The van der Waals surface area contributed by atoms with Crippen molar-refractivity contribution in [1.29, 1.82) is 0 Å². The Balaban J connectivity index is 2.20. The van der Waals surface area contributed by atoms with E-state index in [4.69, 9.17) is 9.84 Å². The first-order chi connectivity index (χ1) is 7.72. The lowest BCUT2D eigenvalue weighted by molar-refractivity contribution is -0.141. The van der Waals surface area contributed by atoms with E-state index < -0.39 is 12.0 Å². The van der Waals surface area contributed by atoms with Crippen molar-refractivity contribution in [3.8, 4) is 0 Å². The third-order valence-electron chi connectivity index (χ3n) is 2.92. The predicted octanol–water partition coefficient (Wildman–Crippen LogP) is 1.03. The fourth-order valence-corrected chi connectivity index (χ4v) is 2.10. The molecule has 2 rings (SSSR count). The van der Waals surface area contributed by atoms with E-state index in [0.29, 0.717) is 13.0 Å². The number of carbonyl (C=O) groups is 1. The van der Waals surface area contributed by atoms with Crippen molar-refractivity contribution in [3.05, 3.63) is 17.7 Å². The first-order valence-electron chi connectivity index (χ1n) is 5.50.